The van der Waals surface area contributed by atoms with Gasteiger partial charge in [0.05, 0.1) is 11.8 Å². The fraction of sp³-hybridized carbons (Fsp3) is 0.727. The Morgan fingerprint density at radius 1 is 1.00 bits per heavy atom. The molecule has 0 aliphatic carbocycles. The molecule has 0 aromatic carbocycles. The SMILES string of the molecule is CC(=O)CCC(=O)OCOC(=O)C(C)(C)C. The predicted octanol–water partition coefficient (Wildman–Crippen LogP) is 1.45. The van der Waals surface area contributed by atoms with Crippen molar-refractivity contribution in [1.82, 2.24) is 0 Å². The standard InChI is InChI=1S/C11H18O5/c1-8(12)5-6-9(13)15-7-16-10(14)11(2,3)4/h5-7H2,1-4H3. The maximum absolute atomic E-state index is 11.2. The van der Waals surface area contributed by atoms with Crippen molar-refractivity contribution >= 4 is 17.7 Å². The lowest BCUT2D eigenvalue weighted by Gasteiger charge is -2.16. The molecule has 0 bridgehead atoms. The van der Waals surface area contributed by atoms with E-state index in [0.29, 0.717) is 0 Å². The first-order chi connectivity index (χ1) is 7.23. The van der Waals surface area contributed by atoms with Gasteiger partial charge in [0.15, 0.2) is 0 Å². The second-order valence-corrected chi connectivity index (χ2v) is 4.52. The number of hydrogen-bond acceptors (Lipinski definition) is 5. The second-order valence-electron chi connectivity index (χ2n) is 4.52. The summed E-state index contributed by atoms with van der Waals surface area (Å²) >= 11 is 0. The minimum atomic E-state index is -0.619. The summed E-state index contributed by atoms with van der Waals surface area (Å²) < 4.78 is 9.34. The minimum Gasteiger partial charge on any atom is -0.428 e. The number of carbonyl (C=O) groups is 3. The van der Waals surface area contributed by atoms with E-state index in [9.17, 15) is 14.4 Å². The third kappa shape index (κ3) is 6.98. The fourth-order valence-electron chi connectivity index (χ4n) is 0.715. The summed E-state index contributed by atoms with van der Waals surface area (Å²) in [7, 11) is 0. The van der Waals surface area contributed by atoms with Crippen LogP contribution in [0.15, 0.2) is 0 Å². The van der Waals surface area contributed by atoms with Crippen LogP contribution in [0.25, 0.3) is 0 Å². The number of esters is 2. The Hall–Kier alpha value is -1.39. The highest BCUT2D eigenvalue weighted by atomic mass is 16.7. The topological polar surface area (TPSA) is 69.7 Å². The molecule has 16 heavy (non-hydrogen) atoms. The molecular weight excluding hydrogens is 212 g/mol. The zero-order valence-corrected chi connectivity index (χ0v) is 10.2. The zero-order chi connectivity index (χ0) is 12.8. The maximum atomic E-state index is 11.2. The lowest BCUT2D eigenvalue weighted by atomic mass is 9.98. The van der Waals surface area contributed by atoms with Gasteiger partial charge < -0.3 is 14.3 Å². The average molecular weight is 230 g/mol. The minimum absolute atomic E-state index is 0.0163. The van der Waals surface area contributed by atoms with Crippen LogP contribution in [0.4, 0.5) is 0 Å². The molecule has 0 aliphatic heterocycles. The fourth-order valence-corrected chi connectivity index (χ4v) is 0.715. The van der Waals surface area contributed by atoms with Gasteiger partial charge in [-0.2, -0.15) is 0 Å². The van der Waals surface area contributed by atoms with Gasteiger partial charge in [-0.25, -0.2) is 0 Å². The molecule has 0 aromatic rings. The molecule has 5 nitrogen and oxygen atoms in total. The first-order valence-corrected chi connectivity index (χ1v) is 5.06. The molecule has 0 amide bonds. The monoisotopic (exact) mass is 230 g/mol. The van der Waals surface area contributed by atoms with Crippen LogP contribution in [0.2, 0.25) is 0 Å². The van der Waals surface area contributed by atoms with E-state index in [4.69, 9.17) is 4.74 Å². The molecule has 0 aliphatic rings. The molecule has 0 atom stereocenters. The largest absolute Gasteiger partial charge is 0.428 e. The summed E-state index contributed by atoms with van der Waals surface area (Å²) in [5.41, 5.74) is -0.619. The number of hydrogen-bond donors (Lipinski definition) is 0. The normalized spacial score (nSPS) is 10.8. The highest BCUT2D eigenvalue weighted by Gasteiger charge is 2.23. The Kier molecular flexibility index (Phi) is 5.71. The molecule has 0 saturated heterocycles. The lowest BCUT2D eigenvalue weighted by molar-refractivity contribution is -0.173. The van der Waals surface area contributed by atoms with Crippen molar-refractivity contribution in [1.29, 1.82) is 0 Å². The first-order valence-electron chi connectivity index (χ1n) is 5.06. The summed E-state index contributed by atoms with van der Waals surface area (Å²) in [6.45, 7) is 6.10. The van der Waals surface area contributed by atoms with E-state index in [1.54, 1.807) is 20.8 Å². The molecule has 0 fully saturated rings. The Morgan fingerprint density at radius 2 is 1.56 bits per heavy atom. The van der Waals surface area contributed by atoms with Crippen LogP contribution in [-0.2, 0) is 23.9 Å². The van der Waals surface area contributed by atoms with Crippen LogP contribution in [0.1, 0.15) is 40.5 Å². The van der Waals surface area contributed by atoms with Crippen molar-refractivity contribution in [2.75, 3.05) is 6.79 Å². The molecule has 0 N–H and O–H groups in total. The number of rotatable bonds is 5. The van der Waals surface area contributed by atoms with E-state index < -0.39 is 24.1 Å². The van der Waals surface area contributed by atoms with E-state index in [0.717, 1.165) is 0 Å². The summed E-state index contributed by atoms with van der Waals surface area (Å²) in [5, 5.41) is 0. The van der Waals surface area contributed by atoms with Crippen molar-refractivity contribution in [3.05, 3.63) is 0 Å². The van der Waals surface area contributed by atoms with Gasteiger partial charge in [0.2, 0.25) is 6.79 Å². The Bertz CT molecular complexity index is 275. The van der Waals surface area contributed by atoms with Gasteiger partial charge in [-0.05, 0) is 27.7 Å². The van der Waals surface area contributed by atoms with Gasteiger partial charge in [0.25, 0.3) is 0 Å². The second kappa shape index (κ2) is 6.25. The number of ether oxygens (including phenoxy) is 2. The quantitative estimate of drug-likeness (QED) is 0.528. The average Bonchev–Trinajstić information content (AvgIpc) is 2.13. The molecule has 0 rings (SSSR count). The Morgan fingerprint density at radius 3 is 2.00 bits per heavy atom. The van der Waals surface area contributed by atoms with Gasteiger partial charge in [0.1, 0.15) is 5.78 Å². The third-order valence-corrected chi connectivity index (χ3v) is 1.70. The van der Waals surface area contributed by atoms with Gasteiger partial charge in [0, 0.05) is 6.42 Å². The zero-order valence-electron chi connectivity index (χ0n) is 10.2. The van der Waals surface area contributed by atoms with Crippen molar-refractivity contribution in [3.63, 3.8) is 0 Å². The van der Waals surface area contributed by atoms with Gasteiger partial charge in [-0.15, -0.1) is 0 Å². The van der Waals surface area contributed by atoms with E-state index in [1.165, 1.54) is 6.92 Å². The Balaban J connectivity index is 3.71. The molecule has 0 aromatic heterocycles. The number of carbonyl (C=O) groups excluding carboxylic acids is 3. The van der Waals surface area contributed by atoms with E-state index in [1.807, 2.05) is 0 Å². The van der Waals surface area contributed by atoms with Crippen molar-refractivity contribution < 1.29 is 23.9 Å². The van der Waals surface area contributed by atoms with Gasteiger partial charge in [-0.1, -0.05) is 0 Å². The molecule has 0 heterocycles. The van der Waals surface area contributed by atoms with Gasteiger partial charge in [-0.3, -0.25) is 9.59 Å². The molecule has 0 unspecified atom stereocenters. The van der Waals surface area contributed by atoms with E-state index >= 15 is 0 Å². The lowest BCUT2D eigenvalue weighted by Crippen LogP contribution is -2.24. The van der Waals surface area contributed by atoms with E-state index in [-0.39, 0.29) is 18.6 Å². The number of ketones is 1. The molecule has 0 spiro atoms. The maximum Gasteiger partial charge on any atom is 0.314 e. The van der Waals surface area contributed by atoms with E-state index in [2.05, 4.69) is 4.74 Å². The van der Waals surface area contributed by atoms with Crippen LogP contribution >= 0.6 is 0 Å². The predicted molar refractivity (Wildman–Crippen MR) is 56.4 cm³/mol. The number of Topliss-reactive ketones (excluding diaryl/α,β-unsaturated/α-hetero) is 1. The van der Waals surface area contributed by atoms with Crippen LogP contribution in [0.5, 0.6) is 0 Å². The summed E-state index contributed by atoms with van der Waals surface area (Å²) in [4.78, 5) is 32.8. The molecule has 0 saturated carbocycles. The smallest absolute Gasteiger partial charge is 0.314 e. The molecular formula is C11H18O5. The van der Waals surface area contributed by atoms with Crippen LogP contribution in [-0.4, -0.2) is 24.5 Å². The van der Waals surface area contributed by atoms with Crippen molar-refractivity contribution in [3.8, 4) is 0 Å². The van der Waals surface area contributed by atoms with Crippen molar-refractivity contribution in [2.45, 2.75) is 40.5 Å². The summed E-state index contributed by atoms with van der Waals surface area (Å²) in [5.74, 6) is -1.06. The van der Waals surface area contributed by atoms with Crippen molar-refractivity contribution in [2.24, 2.45) is 5.41 Å². The van der Waals surface area contributed by atoms with Crippen LogP contribution < -0.4 is 0 Å². The molecule has 0 radical (unpaired) electrons. The highest BCUT2D eigenvalue weighted by Crippen LogP contribution is 2.14. The first kappa shape index (κ1) is 14.6. The third-order valence-electron chi connectivity index (χ3n) is 1.70. The van der Waals surface area contributed by atoms with Crippen LogP contribution in [0.3, 0.4) is 0 Å². The highest BCUT2D eigenvalue weighted by molar-refractivity contribution is 5.81. The summed E-state index contributed by atoms with van der Waals surface area (Å²) in [6.07, 6.45) is 0.161. The summed E-state index contributed by atoms with van der Waals surface area (Å²) in [6, 6.07) is 0. The Labute approximate surface area is 95.1 Å². The molecule has 5 heteroatoms. The molecule has 92 valence electrons. The van der Waals surface area contributed by atoms with Gasteiger partial charge >= 0.3 is 11.9 Å². The van der Waals surface area contributed by atoms with Crippen LogP contribution in [0, 0.1) is 5.41 Å².